The van der Waals surface area contributed by atoms with Crippen LogP contribution in [0.25, 0.3) is 10.9 Å². The van der Waals surface area contributed by atoms with Gasteiger partial charge in [0.05, 0.1) is 23.6 Å². The lowest BCUT2D eigenvalue weighted by molar-refractivity contribution is -0.140. The normalized spacial score (nSPS) is 13.3. The molecule has 0 spiro atoms. The summed E-state index contributed by atoms with van der Waals surface area (Å²) in [6.45, 7) is 5.65. The molecule has 1 heterocycles. The van der Waals surface area contributed by atoms with Crippen molar-refractivity contribution in [3.05, 3.63) is 62.7 Å². The summed E-state index contributed by atoms with van der Waals surface area (Å²) in [6, 6.07) is 10.4. The summed E-state index contributed by atoms with van der Waals surface area (Å²) in [6.07, 6.45) is 0.689. The Hall–Kier alpha value is -2.31. The zero-order valence-corrected chi connectivity index (χ0v) is 19.5. The summed E-state index contributed by atoms with van der Waals surface area (Å²) >= 11 is 9.75. The standard InChI is InChI=1S/C23H23BrClNO4/c1-5-12(2)20(23(28)29)21-13(3)26(22(27)14-6-8-15(24)9-7-14)18-11-17(25)19(30-4)10-16(18)21/h6-12,20H,5H2,1-4H3,(H,28,29)/t12?,20-/m1/s1. The summed E-state index contributed by atoms with van der Waals surface area (Å²) in [4.78, 5) is 25.7. The number of carboxylic acids is 1. The van der Waals surface area contributed by atoms with Gasteiger partial charge in [-0.15, -0.1) is 0 Å². The topological polar surface area (TPSA) is 68.5 Å². The molecule has 5 nitrogen and oxygen atoms in total. The molecular weight excluding hydrogens is 470 g/mol. The highest BCUT2D eigenvalue weighted by atomic mass is 79.9. The van der Waals surface area contributed by atoms with Gasteiger partial charge >= 0.3 is 5.97 Å². The van der Waals surface area contributed by atoms with Crippen molar-refractivity contribution in [3.63, 3.8) is 0 Å². The number of halogens is 2. The van der Waals surface area contributed by atoms with E-state index in [9.17, 15) is 14.7 Å². The Morgan fingerprint density at radius 3 is 2.40 bits per heavy atom. The first-order chi connectivity index (χ1) is 14.2. The van der Waals surface area contributed by atoms with Crippen LogP contribution in [0.4, 0.5) is 0 Å². The van der Waals surface area contributed by atoms with Crippen LogP contribution in [0.3, 0.4) is 0 Å². The third kappa shape index (κ3) is 3.86. The van der Waals surface area contributed by atoms with Crippen LogP contribution in [-0.2, 0) is 4.79 Å². The molecule has 158 valence electrons. The number of carbonyl (C=O) groups is 2. The van der Waals surface area contributed by atoms with E-state index in [1.165, 1.54) is 7.11 Å². The van der Waals surface area contributed by atoms with E-state index in [2.05, 4.69) is 15.9 Å². The van der Waals surface area contributed by atoms with Crippen LogP contribution in [0.2, 0.25) is 5.02 Å². The van der Waals surface area contributed by atoms with Crippen molar-refractivity contribution in [1.29, 1.82) is 0 Å². The predicted octanol–water partition coefficient (Wildman–Crippen LogP) is 6.28. The Morgan fingerprint density at radius 2 is 1.87 bits per heavy atom. The van der Waals surface area contributed by atoms with E-state index in [0.717, 1.165) is 4.47 Å². The van der Waals surface area contributed by atoms with Crippen molar-refractivity contribution in [3.8, 4) is 5.75 Å². The average molecular weight is 493 g/mol. The number of fused-ring (bicyclic) bond motifs is 1. The zero-order chi connectivity index (χ0) is 22.2. The van der Waals surface area contributed by atoms with Crippen molar-refractivity contribution in [2.75, 3.05) is 7.11 Å². The van der Waals surface area contributed by atoms with Gasteiger partial charge in [-0.05, 0) is 54.8 Å². The number of carboxylic acid groups (broad SMARTS) is 1. The van der Waals surface area contributed by atoms with Crippen molar-refractivity contribution >= 4 is 50.3 Å². The lowest BCUT2D eigenvalue weighted by Crippen LogP contribution is -2.21. The largest absolute Gasteiger partial charge is 0.495 e. The molecule has 0 aliphatic rings. The molecule has 0 aliphatic heterocycles. The lowest BCUT2D eigenvalue weighted by Gasteiger charge is -2.20. The van der Waals surface area contributed by atoms with Gasteiger partial charge < -0.3 is 9.84 Å². The van der Waals surface area contributed by atoms with E-state index in [4.69, 9.17) is 16.3 Å². The highest BCUT2D eigenvalue weighted by Gasteiger charge is 2.33. The molecule has 0 fully saturated rings. The highest BCUT2D eigenvalue weighted by Crippen LogP contribution is 2.41. The average Bonchev–Trinajstić information content (AvgIpc) is 2.98. The number of benzene rings is 2. The number of methoxy groups -OCH3 is 1. The van der Waals surface area contributed by atoms with Crippen molar-refractivity contribution < 1.29 is 19.4 Å². The molecule has 0 amide bonds. The maximum atomic E-state index is 13.4. The minimum atomic E-state index is -0.920. The molecule has 1 unspecified atom stereocenters. The van der Waals surface area contributed by atoms with Crippen LogP contribution in [-0.4, -0.2) is 28.7 Å². The second-order valence-corrected chi connectivity index (χ2v) is 8.67. The number of hydrogen-bond donors (Lipinski definition) is 1. The molecule has 0 bridgehead atoms. The molecule has 0 saturated heterocycles. The lowest BCUT2D eigenvalue weighted by atomic mass is 9.84. The van der Waals surface area contributed by atoms with Crippen molar-refractivity contribution in [1.82, 2.24) is 4.57 Å². The molecule has 2 atom stereocenters. The first-order valence-corrected chi connectivity index (χ1v) is 10.8. The van der Waals surface area contributed by atoms with Crippen LogP contribution in [0.1, 0.15) is 47.8 Å². The molecule has 0 aliphatic carbocycles. The SMILES string of the molecule is CCC(C)[C@@H](C(=O)O)c1c(C)n(C(=O)c2ccc(Br)cc2)c2cc(Cl)c(OC)cc12. The fourth-order valence-corrected chi connectivity index (χ4v) is 4.36. The van der Waals surface area contributed by atoms with Crippen molar-refractivity contribution in [2.24, 2.45) is 5.92 Å². The number of carbonyl (C=O) groups excluding carboxylic acids is 1. The van der Waals surface area contributed by atoms with Gasteiger partial charge in [0.2, 0.25) is 0 Å². The van der Waals surface area contributed by atoms with Crippen LogP contribution >= 0.6 is 27.5 Å². The predicted molar refractivity (Wildman–Crippen MR) is 122 cm³/mol. The second-order valence-electron chi connectivity index (χ2n) is 7.35. The number of rotatable bonds is 6. The van der Waals surface area contributed by atoms with E-state index in [1.54, 1.807) is 47.9 Å². The molecule has 30 heavy (non-hydrogen) atoms. The Labute approximate surface area is 188 Å². The Bertz CT molecular complexity index is 1120. The van der Waals surface area contributed by atoms with Crippen LogP contribution in [0.15, 0.2) is 40.9 Å². The maximum absolute atomic E-state index is 13.4. The third-order valence-corrected chi connectivity index (χ3v) is 6.43. The number of ether oxygens (including phenoxy) is 1. The molecule has 0 radical (unpaired) electrons. The quantitative estimate of drug-likeness (QED) is 0.440. The van der Waals surface area contributed by atoms with Gasteiger partial charge in [-0.2, -0.15) is 0 Å². The second kappa shape index (κ2) is 8.82. The maximum Gasteiger partial charge on any atom is 0.311 e. The third-order valence-electron chi connectivity index (χ3n) is 5.61. The van der Waals surface area contributed by atoms with E-state index in [0.29, 0.717) is 44.9 Å². The summed E-state index contributed by atoms with van der Waals surface area (Å²) in [7, 11) is 1.51. The molecule has 7 heteroatoms. The molecule has 3 aromatic rings. The van der Waals surface area contributed by atoms with Crippen LogP contribution < -0.4 is 4.74 Å². The summed E-state index contributed by atoms with van der Waals surface area (Å²) < 4.78 is 7.78. The van der Waals surface area contributed by atoms with Crippen LogP contribution in [0, 0.1) is 12.8 Å². The van der Waals surface area contributed by atoms with Gasteiger partial charge in [-0.1, -0.05) is 47.8 Å². The van der Waals surface area contributed by atoms with E-state index < -0.39 is 11.9 Å². The Balaban J connectivity index is 2.36. The highest BCUT2D eigenvalue weighted by molar-refractivity contribution is 9.10. The number of hydrogen-bond acceptors (Lipinski definition) is 3. The molecular formula is C23H23BrClNO4. The van der Waals surface area contributed by atoms with Crippen molar-refractivity contribution in [2.45, 2.75) is 33.1 Å². The van der Waals surface area contributed by atoms with Gasteiger partial charge in [-0.25, -0.2) is 0 Å². The first kappa shape index (κ1) is 22.4. The van der Waals surface area contributed by atoms with Gasteiger partial charge in [0.25, 0.3) is 5.91 Å². The smallest absolute Gasteiger partial charge is 0.311 e. The number of nitrogens with zero attached hydrogens (tertiary/aromatic N) is 1. The summed E-state index contributed by atoms with van der Waals surface area (Å²) in [5.41, 5.74) is 2.27. The van der Waals surface area contributed by atoms with Gasteiger partial charge in [-0.3, -0.25) is 14.2 Å². The Morgan fingerprint density at radius 1 is 1.23 bits per heavy atom. The monoisotopic (exact) mass is 491 g/mol. The molecule has 3 rings (SSSR count). The fourth-order valence-electron chi connectivity index (χ4n) is 3.86. The summed E-state index contributed by atoms with van der Waals surface area (Å²) in [5, 5.41) is 11.0. The van der Waals surface area contributed by atoms with E-state index in [1.807, 2.05) is 13.8 Å². The number of aliphatic carboxylic acids is 1. The fraction of sp³-hybridized carbons (Fsp3) is 0.304. The molecule has 1 aromatic heterocycles. The molecule has 2 aromatic carbocycles. The first-order valence-electron chi connectivity index (χ1n) is 9.62. The van der Waals surface area contributed by atoms with Gasteiger partial charge in [0.15, 0.2) is 0 Å². The minimum absolute atomic E-state index is 0.121. The minimum Gasteiger partial charge on any atom is -0.495 e. The summed E-state index contributed by atoms with van der Waals surface area (Å²) in [5.74, 6) is -1.61. The molecule has 0 saturated carbocycles. The number of aromatic nitrogens is 1. The Kier molecular flexibility index (Phi) is 6.58. The van der Waals surface area contributed by atoms with Gasteiger partial charge in [0, 0.05) is 21.1 Å². The van der Waals surface area contributed by atoms with E-state index in [-0.39, 0.29) is 11.8 Å². The zero-order valence-electron chi connectivity index (χ0n) is 17.2. The van der Waals surface area contributed by atoms with E-state index >= 15 is 0 Å². The molecule has 1 N–H and O–H groups in total. The van der Waals surface area contributed by atoms with Crippen LogP contribution in [0.5, 0.6) is 5.75 Å². The van der Waals surface area contributed by atoms with Gasteiger partial charge in [0.1, 0.15) is 5.75 Å².